The van der Waals surface area contributed by atoms with Gasteiger partial charge in [0.25, 0.3) is 0 Å². The van der Waals surface area contributed by atoms with Crippen LogP contribution in [-0.2, 0) is 6.54 Å². The van der Waals surface area contributed by atoms with Crippen molar-refractivity contribution < 1.29 is 8.78 Å². The number of imidazole rings is 1. The van der Waals surface area contributed by atoms with Crippen LogP contribution in [0.3, 0.4) is 0 Å². The molecule has 1 atom stereocenters. The van der Waals surface area contributed by atoms with Gasteiger partial charge >= 0.3 is 0 Å². The maximum atomic E-state index is 13.5. The Kier molecular flexibility index (Phi) is 3.45. The third-order valence-electron chi connectivity index (χ3n) is 2.50. The van der Waals surface area contributed by atoms with Crippen LogP contribution >= 0.6 is 0 Å². The summed E-state index contributed by atoms with van der Waals surface area (Å²) in [4.78, 5) is 3.90. The van der Waals surface area contributed by atoms with Crippen LogP contribution in [-0.4, -0.2) is 15.6 Å². The fraction of sp³-hybridized carbons (Fsp3) is 0.250. The van der Waals surface area contributed by atoms with Gasteiger partial charge in [0.2, 0.25) is 0 Å². The van der Waals surface area contributed by atoms with Crippen molar-refractivity contribution in [3.8, 4) is 0 Å². The Labute approximate surface area is 103 Å². The van der Waals surface area contributed by atoms with Gasteiger partial charge in [-0.3, -0.25) is 0 Å². The Hall–Kier alpha value is -2.11. The summed E-state index contributed by atoms with van der Waals surface area (Å²) in [6.07, 6.45) is 5.08. The van der Waals surface area contributed by atoms with Crippen molar-refractivity contribution in [1.82, 2.24) is 9.55 Å². The van der Waals surface area contributed by atoms with E-state index in [0.29, 0.717) is 6.54 Å². The molecule has 0 aliphatic heterocycles. The first-order valence-electron chi connectivity index (χ1n) is 5.53. The third-order valence-corrected chi connectivity index (χ3v) is 2.50. The molecule has 0 bridgehead atoms. The van der Waals surface area contributed by atoms with Crippen molar-refractivity contribution in [3.63, 3.8) is 0 Å². The quantitative estimate of drug-likeness (QED) is 0.820. The molecule has 1 heterocycles. The highest BCUT2D eigenvalue weighted by atomic mass is 19.1. The van der Waals surface area contributed by atoms with E-state index in [1.165, 1.54) is 0 Å². The summed E-state index contributed by atoms with van der Waals surface area (Å²) in [6.45, 7) is 2.39. The fourth-order valence-electron chi connectivity index (χ4n) is 1.73. The molecule has 0 amide bonds. The highest BCUT2D eigenvalue weighted by Gasteiger charge is 2.13. The van der Waals surface area contributed by atoms with E-state index >= 15 is 0 Å². The smallest absolute Gasteiger partial charge is 0.151 e. The molecular weight excluding hydrogens is 238 g/mol. The van der Waals surface area contributed by atoms with Crippen molar-refractivity contribution in [1.29, 1.82) is 0 Å². The van der Waals surface area contributed by atoms with Gasteiger partial charge in [0.15, 0.2) is 11.6 Å². The van der Waals surface area contributed by atoms with Crippen molar-refractivity contribution in [2.45, 2.75) is 19.5 Å². The first kappa shape index (κ1) is 12.3. The molecule has 96 valence electrons. The average Bonchev–Trinajstić information content (AvgIpc) is 2.76. The number of hydrogen-bond acceptors (Lipinski definition) is 3. The lowest BCUT2D eigenvalue weighted by molar-refractivity contribution is 0.569. The molecule has 0 aliphatic carbocycles. The van der Waals surface area contributed by atoms with Crippen LogP contribution in [0, 0.1) is 11.6 Å². The third kappa shape index (κ3) is 2.77. The van der Waals surface area contributed by atoms with Gasteiger partial charge in [-0.25, -0.2) is 13.8 Å². The number of aromatic nitrogens is 2. The predicted octanol–water partition coefficient (Wildman–Crippen LogP) is 2.24. The molecule has 1 aromatic carbocycles. The highest BCUT2D eigenvalue weighted by Crippen LogP contribution is 2.22. The molecule has 0 saturated heterocycles. The maximum Gasteiger partial charge on any atom is 0.151 e. The summed E-state index contributed by atoms with van der Waals surface area (Å²) in [5, 5.41) is 2.79. The zero-order valence-corrected chi connectivity index (χ0v) is 9.90. The molecule has 3 N–H and O–H groups in total. The van der Waals surface area contributed by atoms with Gasteiger partial charge < -0.3 is 15.6 Å². The number of nitrogen functional groups attached to an aromatic ring is 1. The van der Waals surface area contributed by atoms with Gasteiger partial charge in [0, 0.05) is 30.7 Å². The molecule has 0 saturated carbocycles. The van der Waals surface area contributed by atoms with Crippen LogP contribution in [0.15, 0.2) is 30.9 Å². The topological polar surface area (TPSA) is 55.9 Å². The van der Waals surface area contributed by atoms with Crippen molar-refractivity contribution in [2.75, 3.05) is 11.1 Å². The molecule has 0 spiro atoms. The van der Waals surface area contributed by atoms with Crippen molar-refractivity contribution >= 4 is 11.4 Å². The lowest BCUT2D eigenvalue weighted by atomic mass is 10.2. The minimum Gasteiger partial charge on any atom is -0.399 e. The molecule has 1 unspecified atom stereocenters. The van der Waals surface area contributed by atoms with Crippen LogP contribution in [0.25, 0.3) is 0 Å². The monoisotopic (exact) mass is 252 g/mol. The summed E-state index contributed by atoms with van der Waals surface area (Å²) in [7, 11) is 0. The van der Waals surface area contributed by atoms with E-state index in [2.05, 4.69) is 10.3 Å². The number of halogens is 2. The second-order valence-corrected chi connectivity index (χ2v) is 4.16. The van der Waals surface area contributed by atoms with E-state index in [1.54, 1.807) is 18.7 Å². The lowest BCUT2D eigenvalue weighted by Gasteiger charge is -2.17. The van der Waals surface area contributed by atoms with Crippen molar-refractivity contribution in [2.24, 2.45) is 0 Å². The molecule has 2 aromatic rings. The second kappa shape index (κ2) is 5.03. The number of hydrogen-bond donors (Lipinski definition) is 2. The van der Waals surface area contributed by atoms with Crippen LogP contribution < -0.4 is 11.1 Å². The van der Waals surface area contributed by atoms with E-state index in [-0.39, 0.29) is 17.4 Å². The SMILES string of the molecule is CC(Cn1ccnc1)Nc1c(F)cc(N)cc1F. The first-order chi connectivity index (χ1) is 8.56. The maximum absolute atomic E-state index is 13.5. The summed E-state index contributed by atoms with van der Waals surface area (Å²) >= 11 is 0. The molecule has 2 rings (SSSR count). The average molecular weight is 252 g/mol. The largest absolute Gasteiger partial charge is 0.399 e. The van der Waals surface area contributed by atoms with Crippen LogP contribution in [0.1, 0.15) is 6.92 Å². The standard InChI is InChI=1S/C12H14F2N4/c1-8(6-18-3-2-16-7-18)17-12-10(13)4-9(15)5-11(12)14/h2-5,7-8,17H,6,15H2,1H3. The number of nitrogens with one attached hydrogen (secondary N) is 1. The predicted molar refractivity (Wildman–Crippen MR) is 66.1 cm³/mol. The van der Waals surface area contributed by atoms with Gasteiger partial charge in [-0.1, -0.05) is 0 Å². The molecule has 0 radical (unpaired) electrons. The zero-order chi connectivity index (χ0) is 13.1. The summed E-state index contributed by atoms with van der Waals surface area (Å²) in [5.74, 6) is -1.38. The van der Waals surface area contributed by atoms with Crippen LogP contribution in [0.4, 0.5) is 20.2 Å². The van der Waals surface area contributed by atoms with E-state index in [9.17, 15) is 8.78 Å². The van der Waals surface area contributed by atoms with Gasteiger partial charge in [-0.15, -0.1) is 0 Å². The Morgan fingerprint density at radius 3 is 2.61 bits per heavy atom. The minimum absolute atomic E-state index is 0.0674. The van der Waals surface area contributed by atoms with Gasteiger partial charge in [0.05, 0.1) is 6.33 Å². The fourth-order valence-corrected chi connectivity index (χ4v) is 1.73. The molecule has 18 heavy (non-hydrogen) atoms. The van der Waals surface area contributed by atoms with Gasteiger partial charge in [0.1, 0.15) is 5.69 Å². The van der Waals surface area contributed by atoms with Crippen LogP contribution in [0.2, 0.25) is 0 Å². The van der Waals surface area contributed by atoms with E-state index in [4.69, 9.17) is 5.73 Å². The molecule has 0 aliphatic rings. The Morgan fingerprint density at radius 1 is 1.39 bits per heavy atom. The number of nitrogens with zero attached hydrogens (tertiary/aromatic N) is 2. The minimum atomic E-state index is -0.690. The molecular formula is C12H14F2N4. The molecule has 1 aromatic heterocycles. The molecule has 0 fully saturated rings. The molecule has 6 heteroatoms. The van der Waals surface area contributed by atoms with E-state index in [1.807, 2.05) is 11.5 Å². The second-order valence-electron chi connectivity index (χ2n) is 4.16. The normalized spacial score (nSPS) is 12.4. The van der Waals surface area contributed by atoms with Gasteiger partial charge in [-0.05, 0) is 19.1 Å². The lowest BCUT2D eigenvalue weighted by Crippen LogP contribution is -2.22. The summed E-state index contributed by atoms with van der Waals surface area (Å²) in [5.41, 5.74) is 5.26. The summed E-state index contributed by atoms with van der Waals surface area (Å²) in [6, 6.07) is 2.04. The van der Waals surface area contributed by atoms with E-state index in [0.717, 1.165) is 12.1 Å². The highest BCUT2D eigenvalue weighted by molar-refractivity contribution is 5.54. The molecule has 4 nitrogen and oxygen atoms in total. The number of anilines is 2. The van der Waals surface area contributed by atoms with Gasteiger partial charge in [-0.2, -0.15) is 0 Å². The Bertz CT molecular complexity index is 502. The Morgan fingerprint density at radius 2 is 2.06 bits per heavy atom. The zero-order valence-electron chi connectivity index (χ0n) is 9.90. The van der Waals surface area contributed by atoms with Crippen LogP contribution in [0.5, 0.6) is 0 Å². The number of rotatable bonds is 4. The Balaban J connectivity index is 2.09. The van der Waals surface area contributed by atoms with Crippen molar-refractivity contribution in [3.05, 3.63) is 42.5 Å². The van der Waals surface area contributed by atoms with E-state index < -0.39 is 11.6 Å². The summed E-state index contributed by atoms with van der Waals surface area (Å²) < 4.78 is 28.9. The first-order valence-corrected chi connectivity index (χ1v) is 5.53. The number of benzene rings is 1. The number of nitrogens with two attached hydrogens (primary N) is 1.